The summed E-state index contributed by atoms with van der Waals surface area (Å²) in [6, 6.07) is -0.534. The quantitative estimate of drug-likeness (QED) is 0.385. The van der Waals surface area contributed by atoms with Crippen LogP contribution in [-0.4, -0.2) is 107 Å². The van der Waals surface area contributed by atoms with E-state index in [9.17, 15) is 25.2 Å². The van der Waals surface area contributed by atoms with Crippen molar-refractivity contribution in [1.82, 2.24) is 4.90 Å². The molecule has 1 spiro atoms. The van der Waals surface area contributed by atoms with Crippen molar-refractivity contribution in [2.75, 3.05) is 33.9 Å². The molecule has 6 rings (SSSR count). The number of aliphatic hydroxyl groups is 4. The van der Waals surface area contributed by atoms with Crippen molar-refractivity contribution in [3.63, 3.8) is 0 Å². The van der Waals surface area contributed by atoms with Crippen molar-refractivity contribution in [2.45, 2.75) is 81.2 Å². The standard InChI is InChI=1S/C25H39NO8/c1-5-26-10-22(11-27)7-6-16(29)24-14-8-13-15(32-3)9-23(30,17(14)18(13)34-12(2)28)25(31,21(24)26)20(33-4)19(22)24/h13-21,27,29-31H,5-11H2,1-4H3/t13-,14-,15+,16+,17-,18+,19-,20+,21?,22+,23-,24+,25-/m1/s1. The van der Waals surface area contributed by atoms with E-state index in [1.807, 2.05) is 6.92 Å². The van der Waals surface area contributed by atoms with E-state index in [1.54, 1.807) is 14.2 Å². The molecule has 0 aromatic heterocycles. The van der Waals surface area contributed by atoms with Gasteiger partial charge in [0.2, 0.25) is 0 Å². The molecule has 0 aromatic carbocycles. The van der Waals surface area contributed by atoms with Crippen LogP contribution in [0.2, 0.25) is 0 Å². The van der Waals surface area contributed by atoms with E-state index >= 15 is 0 Å². The van der Waals surface area contributed by atoms with Gasteiger partial charge in [0.25, 0.3) is 0 Å². The number of likely N-dealkylation sites (N-methyl/N-ethyl adjacent to an activating group) is 1. The predicted molar refractivity (Wildman–Crippen MR) is 118 cm³/mol. The number of fused-ring (bicyclic) bond motifs is 2. The average molecular weight is 482 g/mol. The monoisotopic (exact) mass is 481 g/mol. The zero-order chi connectivity index (χ0) is 24.4. The number of carbonyl (C=O) groups is 1. The SMILES string of the molecule is CCN1C[C@]2(CO)CC[C@H](O)[C@]34C1[C@](O)([C@@H](OC)[C@H]23)[C@@]1(O)C[C@H](OC)[C@H]2C[C@@H]4[C@@H]1[C@H]2OC(C)=O. The molecule has 0 radical (unpaired) electrons. The number of hydrogen-bond donors (Lipinski definition) is 4. The van der Waals surface area contributed by atoms with Gasteiger partial charge in [-0.1, -0.05) is 6.92 Å². The Morgan fingerprint density at radius 1 is 1.21 bits per heavy atom. The van der Waals surface area contributed by atoms with E-state index < -0.39 is 64.4 Å². The fourth-order valence-electron chi connectivity index (χ4n) is 10.7. The molecule has 1 heterocycles. The first-order chi connectivity index (χ1) is 16.1. The normalized spacial score (nSPS) is 59.2. The number of piperidine rings is 1. The summed E-state index contributed by atoms with van der Waals surface area (Å²) in [7, 11) is 3.15. The fraction of sp³-hybridized carbons (Fsp3) is 0.960. The van der Waals surface area contributed by atoms with Gasteiger partial charge in [0.15, 0.2) is 0 Å². The van der Waals surface area contributed by atoms with Gasteiger partial charge < -0.3 is 34.6 Å². The third-order valence-electron chi connectivity index (χ3n) is 11.4. The Hall–Kier alpha value is -0.810. The minimum absolute atomic E-state index is 0.0708. The Morgan fingerprint density at radius 2 is 1.94 bits per heavy atom. The predicted octanol–water partition coefficient (Wildman–Crippen LogP) is -0.466. The maximum Gasteiger partial charge on any atom is 0.302 e. The highest BCUT2D eigenvalue weighted by molar-refractivity contribution is 5.66. The van der Waals surface area contributed by atoms with Gasteiger partial charge in [-0.15, -0.1) is 0 Å². The van der Waals surface area contributed by atoms with Gasteiger partial charge in [-0.25, -0.2) is 0 Å². The first-order valence-electron chi connectivity index (χ1n) is 12.8. The number of methoxy groups -OCH3 is 2. The molecule has 0 amide bonds. The fourth-order valence-corrected chi connectivity index (χ4v) is 10.7. The van der Waals surface area contributed by atoms with Crippen molar-refractivity contribution >= 4 is 5.97 Å². The van der Waals surface area contributed by atoms with Crippen LogP contribution in [0, 0.1) is 34.5 Å². The Kier molecular flexibility index (Phi) is 4.96. The smallest absolute Gasteiger partial charge is 0.302 e. The number of hydrogen-bond acceptors (Lipinski definition) is 9. The highest BCUT2D eigenvalue weighted by atomic mass is 16.6. The molecule has 7 bridgehead atoms. The molecule has 5 aliphatic carbocycles. The minimum Gasteiger partial charge on any atom is -0.462 e. The zero-order valence-corrected chi connectivity index (χ0v) is 20.5. The lowest BCUT2D eigenvalue weighted by molar-refractivity contribution is -0.317. The highest BCUT2D eigenvalue weighted by Crippen LogP contribution is 2.80. The number of aliphatic hydroxyl groups excluding tert-OH is 2. The number of likely N-dealkylation sites (tertiary alicyclic amines) is 1. The molecule has 6 aliphatic rings. The Labute approximate surface area is 200 Å². The van der Waals surface area contributed by atoms with E-state index in [4.69, 9.17) is 14.2 Å². The summed E-state index contributed by atoms with van der Waals surface area (Å²) in [4.78, 5) is 14.4. The lowest BCUT2D eigenvalue weighted by Crippen LogP contribution is -2.82. The van der Waals surface area contributed by atoms with E-state index in [0.717, 1.165) is 0 Å². The minimum atomic E-state index is -1.73. The summed E-state index contributed by atoms with van der Waals surface area (Å²) >= 11 is 0. The molecule has 9 heteroatoms. The molecule has 1 aliphatic heterocycles. The molecule has 13 atom stereocenters. The van der Waals surface area contributed by atoms with Crippen LogP contribution in [0.25, 0.3) is 0 Å². The second-order valence-electron chi connectivity index (χ2n) is 12.0. The van der Waals surface area contributed by atoms with Gasteiger partial charge in [-0.3, -0.25) is 9.69 Å². The molecule has 0 aromatic rings. The van der Waals surface area contributed by atoms with E-state index in [-0.39, 0.29) is 30.8 Å². The van der Waals surface area contributed by atoms with Gasteiger partial charge in [0.1, 0.15) is 17.3 Å². The van der Waals surface area contributed by atoms with E-state index in [2.05, 4.69) is 4.90 Å². The van der Waals surface area contributed by atoms with Crippen molar-refractivity contribution in [3.05, 3.63) is 0 Å². The lowest BCUT2D eigenvalue weighted by Gasteiger charge is -2.69. The van der Waals surface area contributed by atoms with Crippen LogP contribution in [0.3, 0.4) is 0 Å². The Morgan fingerprint density at radius 3 is 2.53 bits per heavy atom. The van der Waals surface area contributed by atoms with Crippen LogP contribution in [0.4, 0.5) is 0 Å². The van der Waals surface area contributed by atoms with Crippen molar-refractivity contribution < 1.29 is 39.4 Å². The van der Waals surface area contributed by atoms with Crippen LogP contribution in [0.5, 0.6) is 0 Å². The molecule has 34 heavy (non-hydrogen) atoms. The first kappa shape index (κ1) is 23.6. The highest BCUT2D eigenvalue weighted by Gasteiger charge is 2.91. The summed E-state index contributed by atoms with van der Waals surface area (Å²) in [5, 5.41) is 48.2. The summed E-state index contributed by atoms with van der Waals surface area (Å²) in [5.41, 5.74) is -4.71. The van der Waals surface area contributed by atoms with Gasteiger partial charge in [0.05, 0.1) is 31.0 Å². The van der Waals surface area contributed by atoms with Gasteiger partial charge in [-0.2, -0.15) is 0 Å². The van der Waals surface area contributed by atoms with Gasteiger partial charge in [-0.05, 0) is 31.7 Å². The van der Waals surface area contributed by atoms with Crippen molar-refractivity contribution in [2.24, 2.45) is 34.5 Å². The summed E-state index contributed by atoms with van der Waals surface area (Å²) in [6.07, 6.45) is -0.527. The average Bonchev–Trinajstić information content (AvgIpc) is 3.20. The van der Waals surface area contributed by atoms with Crippen LogP contribution in [0.15, 0.2) is 0 Å². The van der Waals surface area contributed by atoms with Crippen LogP contribution < -0.4 is 0 Å². The molecule has 192 valence electrons. The summed E-state index contributed by atoms with van der Waals surface area (Å²) in [5.74, 6) is -1.63. The molecular formula is C25H39NO8. The molecular weight excluding hydrogens is 442 g/mol. The second-order valence-corrected chi connectivity index (χ2v) is 12.0. The second kappa shape index (κ2) is 7.15. The first-order valence-corrected chi connectivity index (χ1v) is 12.8. The summed E-state index contributed by atoms with van der Waals surface area (Å²) in [6.45, 7) is 4.53. The van der Waals surface area contributed by atoms with Crippen molar-refractivity contribution in [3.8, 4) is 0 Å². The Balaban J connectivity index is 1.66. The van der Waals surface area contributed by atoms with Gasteiger partial charge >= 0.3 is 5.97 Å². The van der Waals surface area contributed by atoms with E-state index in [1.165, 1.54) is 6.92 Å². The molecule has 6 fully saturated rings. The van der Waals surface area contributed by atoms with E-state index in [0.29, 0.717) is 32.4 Å². The Bertz CT molecular complexity index is 887. The number of carbonyl (C=O) groups excluding carboxylic acids is 1. The third-order valence-corrected chi connectivity index (χ3v) is 11.4. The largest absolute Gasteiger partial charge is 0.462 e. The molecule has 5 saturated carbocycles. The molecule has 4 N–H and O–H groups in total. The molecule has 1 unspecified atom stereocenters. The number of esters is 1. The molecule has 1 saturated heterocycles. The van der Waals surface area contributed by atoms with Crippen LogP contribution in [-0.2, 0) is 19.0 Å². The number of nitrogens with zero attached hydrogens (tertiary/aromatic N) is 1. The third kappa shape index (κ3) is 2.22. The maximum atomic E-state index is 12.9. The molecule has 9 nitrogen and oxygen atoms in total. The zero-order valence-electron chi connectivity index (χ0n) is 20.5. The number of ether oxygens (including phenoxy) is 3. The maximum absolute atomic E-state index is 12.9. The van der Waals surface area contributed by atoms with Crippen molar-refractivity contribution in [1.29, 1.82) is 0 Å². The van der Waals surface area contributed by atoms with Gasteiger partial charge in [0, 0.05) is 62.7 Å². The van der Waals surface area contributed by atoms with Crippen LogP contribution >= 0.6 is 0 Å². The lowest BCUT2D eigenvalue weighted by atomic mass is 9.42. The van der Waals surface area contributed by atoms with Crippen LogP contribution in [0.1, 0.15) is 39.5 Å². The number of rotatable bonds is 5. The summed E-state index contributed by atoms with van der Waals surface area (Å²) < 4.78 is 17.8. The topological polar surface area (TPSA) is 129 Å².